The van der Waals surface area contributed by atoms with E-state index in [1.54, 1.807) is 18.3 Å². The van der Waals surface area contributed by atoms with E-state index in [0.29, 0.717) is 10.2 Å². The van der Waals surface area contributed by atoms with Gasteiger partial charge in [-0.25, -0.2) is 9.78 Å². The average Bonchev–Trinajstić information content (AvgIpc) is 2.86. The number of carbonyl (C=O) groups excluding carboxylic acids is 1. The molecule has 2 heterocycles. The third kappa shape index (κ3) is 2.53. The van der Waals surface area contributed by atoms with Crippen LogP contribution in [0.25, 0.3) is 10.2 Å². The molecule has 0 radical (unpaired) electrons. The maximum absolute atomic E-state index is 12.5. The molecule has 0 bridgehead atoms. The van der Waals surface area contributed by atoms with Crippen molar-refractivity contribution in [3.05, 3.63) is 64.6 Å². The maximum Gasteiger partial charge on any atom is 0.338 e. The van der Waals surface area contributed by atoms with Gasteiger partial charge in [-0.05, 0) is 43.1 Å². The summed E-state index contributed by atoms with van der Waals surface area (Å²) in [5, 5.41) is 3.36. The van der Waals surface area contributed by atoms with E-state index in [1.165, 1.54) is 0 Å². The Bertz CT molecular complexity index is 881. The lowest BCUT2D eigenvalue weighted by molar-refractivity contribution is 0.233. The molecule has 0 saturated heterocycles. The minimum atomic E-state index is -0.582. The summed E-state index contributed by atoms with van der Waals surface area (Å²) in [7, 11) is 0. The Morgan fingerprint density at radius 1 is 1.18 bits per heavy atom. The second-order valence-corrected chi connectivity index (χ2v) is 6.40. The molecule has 3 rings (SSSR count). The summed E-state index contributed by atoms with van der Waals surface area (Å²) in [6.07, 6.45) is 1.61. The molecule has 0 aliphatic heterocycles. The van der Waals surface area contributed by atoms with Gasteiger partial charge in [0.2, 0.25) is 0 Å². The summed E-state index contributed by atoms with van der Waals surface area (Å²) in [5.41, 5.74) is 0.0478. The first-order chi connectivity index (χ1) is 10.5. The number of carbonyl (C=O) groups is 1. The first-order valence-electron chi connectivity index (χ1n) is 6.84. The van der Waals surface area contributed by atoms with Crippen molar-refractivity contribution in [3.63, 3.8) is 0 Å². The number of fused-ring (bicyclic) bond motifs is 1. The fourth-order valence-corrected chi connectivity index (χ4v) is 3.09. The van der Waals surface area contributed by atoms with Crippen molar-refractivity contribution in [2.75, 3.05) is 0 Å². The largest absolute Gasteiger partial charge is 0.338 e. The van der Waals surface area contributed by atoms with E-state index in [-0.39, 0.29) is 5.56 Å². The maximum atomic E-state index is 12.5. The SMILES string of the molecule is CC(C)(NC(=O)n1sc2ncccc2c1=O)c1ccccc1. The zero-order valence-corrected chi connectivity index (χ0v) is 13.1. The quantitative estimate of drug-likeness (QED) is 0.791. The van der Waals surface area contributed by atoms with E-state index in [4.69, 9.17) is 0 Å². The Morgan fingerprint density at radius 3 is 2.59 bits per heavy atom. The minimum absolute atomic E-state index is 0.338. The highest BCUT2D eigenvalue weighted by Crippen LogP contribution is 2.20. The number of benzene rings is 1. The molecule has 6 heteroatoms. The summed E-state index contributed by atoms with van der Waals surface area (Å²) in [6.45, 7) is 3.80. The molecule has 1 aromatic carbocycles. The molecule has 2 aromatic heterocycles. The first-order valence-corrected chi connectivity index (χ1v) is 7.61. The standard InChI is InChI=1S/C16H15N3O2S/c1-16(2,11-7-4-3-5-8-11)18-15(21)19-14(20)12-9-6-10-17-13(12)22-19/h3-10H,1-2H3,(H,18,21). The Balaban J connectivity index is 1.94. The normalized spacial score (nSPS) is 11.5. The molecule has 5 nitrogen and oxygen atoms in total. The lowest BCUT2D eigenvalue weighted by atomic mass is 9.95. The van der Waals surface area contributed by atoms with Crippen molar-refractivity contribution in [1.29, 1.82) is 0 Å². The molecule has 112 valence electrons. The van der Waals surface area contributed by atoms with Crippen molar-refractivity contribution in [2.24, 2.45) is 0 Å². The highest BCUT2D eigenvalue weighted by atomic mass is 32.1. The summed E-state index contributed by atoms with van der Waals surface area (Å²) >= 11 is 1.05. The molecule has 22 heavy (non-hydrogen) atoms. The van der Waals surface area contributed by atoms with E-state index >= 15 is 0 Å². The first kappa shape index (κ1) is 14.5. The van der Waals surface area contributed by atoms with Gasteiger partial charge in [-0.15, -0.1) is 0 Å². The van der Waals surface area contributed by atoms with Crippen molar-refractivity contribution in [3.8, 4) is 0 Å². The number of nitrogens with one attached hydrogen (secondary N) is 1. The van der Waals surface area contributed by atoms with Crippen LogP contribution < -0.4 is 10.9 Å². The zero-order chi connectivity index (χ0) is 15.7. The number of nitrogens with zero attached hydrogens (tertiary/aromatic N) is 2. The Kier molecular flexibility index (Phi) is 3.54. The molecule has 1 amide bonds. The predicted octanol–water partition coefficient (Wildman–Crippen LogP) is 2.95. The zero-order valence-electron chi connectivity index (χ0n) is 12.2. The summed E-state index contributed by atoms with van der Waals surface area (Å²) in [5.74, 6) is 0. The molecule has 0 aliphatic carbocycles. The molecule has 0 saturated carbocycles. The second kappa shape index (κ2) is 5.38. The van der Waals surface area contributed by atoms with Gasteiger partial charge >= 0.3 is 6.03 Å². The minimum Gasteiger partial charge on any atom is -0.328 e. The van der Waals surface area contributed by atoms with Gasteiger partial charge < -0.3 is 5.32 Å². The molecule has 1 N–H and O–H groups in total. The van der Waals surface area contributed by atoms with Crippen LogP contribution in [0, 0.1) is 0 Å². The molecule has 3 aromatic rings. The molecule has 0 fully saturated rings. The van der Waals surface area contributed by atoms with Gasteiger partial charge in [-0.3, -0.25) is 4.79 Å². The van der Waals surface area contributed by atoms with Crippen molar-refractivity contribution >= 4 is 27.8 Å². The van der Waals surface area contributed by atoms with Crippen molar-refractivity contribution < 1.29 is 4.79 Å². The number of amides is 1. The number of pyridine rings is 1. The second-order valence-electron chi connectivity index (χ2n) is 5.47. The Hall–Kier alpha value is -2.47. The van der Waals surface area contributed by atoms with E-state index in [9.17, 15) is 9.59 Å². The number of rotatable bonds is 2. The van der Waals surface area contributed by atoms with Crippen LogP contribution in [0.3, 0.4) is 0 Å². The molecular formula is C16H15N3O2S. The topological polar surface area (TPSA) is 64.0 Å². The predicted molar refractivity (Wildman–Crippen MR) is 87.3 cm³/mol. The van der Waals surface area contributed by atoms with Gasteiger partial charge in [0.25, 0.3) is 5.56 Å². The number of aromatic nitrogens is 2. The van der Waals surface area contributed by atoms with Gasteiger partial charge in [0.05, 0.1) is 10.9 Å². The van der Waals surface area contributed by atoms with Crippen LogP contribution in [0.15, 0.2) is 53.5 Å². The van der Waals surface area contributed by atoms with E-state index < -0.39 is 11.6 Å². The fraction of sp³-hybridized carbons (Fsp3) is 0.188. The molecule has 0 unspecified atom stereocenters. The third-order valence-electron chi connectivity index (χ3n) is 3.46. The van der Waals surface area contributed by atoms with Crippen LogP contribution >= 0.6 is 11.5 Å². The lowest BCUT2D eigenvalue weighted by Crippen LogP contribution is -2.44. The van der Waals surface area contributed by atoms with E-state index in [0.717, 1.165) is 21.1 Å². The Labute approximate surface area is 131 Å². The molecule has 0 spiro atoms. The van der Waals surface area contributed by atoms with Crippen molar-refractivity contribution in [2.45, 2.75) is 19.4 Å². The van der Waals surface area contributed by atoms with Crippen LogP contribution in [-0.2, 0) is 5.54 Å². The average molecular weight is 313 g/mol. The highest BCUT2D eigenvalue weighted by molar-refractivity contribution is 7.14. The highest BCUT2D eigenvalue weighted by Gasteiger charge is 2.25. The molecular weight excluding hydrogens is 298 g/mol. The van der Waals surface area contributed by atoms with Crippen LogP contribution in [0.2, 0.25) is 0 Å². The van der Waals surface area contributed by atoms with Crippen LogP contribution in [0.4, 0.5) is 4.79 Å². The summed E-state index contributed by atoms with van der Waals surface area (Å²) < 4.78 is 1.11. The van der Waals surface area contributed by atoms with Crippen molar-refractivity contribution in [1.82, 2.24) is 14.3 Å². The smallest absolute Gasteiger partial charge is 0.328 e. The van der Waals surface area contributed by atoms with Crippen LogP contribution in [0.5, 0.6) is 0 Å². The summed E-state index contributed by atoms with van der Waals surface area (Å²) in [6, 6.07) is 12.5. The van der Waals surface area contributed by atoms with Gasteiger partial charge in [-0.1, -0.05) is 30.3 Å². The fourth-order valence-electron chi connectivity index (χ4n) is 2.24. The lowest BCUT2D eigenvalue weighted by Gasteiger charge is -2.26. The van der Waals surface area contributed by atoms with Gasteiger partial charge in [-0.2, -0.15) is 3.96 Å². The molecule has 0 atom stereocenters. The van der Waals surface area contributed by atoms with Gasteiger partial charge in [0.1, 0.15) is 4.83 Å². The van der Waals surface area contributed by atoms with Gasteiger partial charge in [0, 0.05) is 6.20 Å². The van der Waals surface area contributed by atoms with Crippen LogP contribution in [0.1, 0.15) is 19.4 Å². The van der Waals surface area contributed by atoms with E-state index in [2.05, 4.69) is 10.3 Å². The monoisotopic (exact) mass is 313 g/mol. The number of hydrogen-bond donors (Lipinski definition) is 1. The Morgan fingerprint density at radius 2 is 1.91 bits per heavy atom. The summed E-state index contributed by atoms with van der Waals surface area (Å²) in [4.78, 5) is 29.4. The van der Waals surface area contributed by atoms with Gasteiger partial charge in [0.15, 0.2) is 0 Å². The third-order valence-corrected chi connectivity index (χ3v) is 4.48. The van der Waals surface area contributed by atoms with Crippen LogP contribution in [-0.4, -0.2) is 15.0 Å². The molecule has 0 aliphatic rings. The number of hydrogen-bond acceptors (Lipinski definition) is 4. The van der Waals surface area contributed by atoms with E-state index in [1.807, 2.05) is 44.2 Å².